The maximum Gasteiger partial charge on any atom is 0.242 e. The largest absolute Gasteiger partial charge is 0.356 e. The van der Waals surface area contributed by atoms with Crippen LogP contribution in [0.4, 0.5) is 0 Å². The summed E-state index contributed by atoms with van der Waals surface area (Å²) >= 11 is 0. The fraction of sp³-hybridized carbons (Fsp3) is 0.231. The summed E-state index contributed by atoms with van der Waals surface area (Å²) in [7, 11) is -1.69. The molecule has 102 valence electrons. The van der Waals surface area contributed by atoms with Crippen LogP contribution in [0.2, 0.25) is 0 Å². The molecule has 0 amide bonds. The van der Waals surface area contributed by atoms with Crippen molar-refractivity contribution in [3.05, 3.63) is 53.9 Å². The SMILES string of the molecule is Cn1ccc(S(=O)(=O)NCc2ccccc2CN)c1. The Bertz CT molecular complexity index is 662. The molecule has 5 nitrogen and oxygen atoms in total. The molecule has 0 spiro atoms. The summed E-state index contributed by atoms with van der Waals surface area (Å²) < 4.78 is 28.4. The van der Waals surface area contributed by atoms with Gasteiger partial charge in [-0.3, -0.25) is 0 Å². The van der Waals surface area contributed by atoms with Crippen molar-refractivity contribution in [3.8, 4) is 0 Å². The van der Waals surface area contributed by atoms with Gasteiger partial charge in [-0.05, 0) is 17.2 Å². The van der Waals surface area contributed by atoms with E-state index in [1.807, 2.05) is 24.3 Å². The normalized spacial score (nSPS) is 11.7. The smallest absolute Gasteiger partial charge is 0.242 e. The first kappa shape index (κ1) is 13.8. The number of rotatable bonds is 5. The molecule has 2 rings (SSSR count). The van der Waals surface area contributed by atoms with Crippen molar-refractivity contribution >= 4 is 10.0 Å². The zero-order chi connectivity index (χ0) is 13.9. The van der Waals surface area contributed by atoms with Crippen molar-refractivity contribution in [2.75, 3.05) is 0 Å². The maximum atomic E-state index is 12.1. The molecule has 0 atom stereocenters. The zero-order valence-corrected chi connectivity index (χ0v) is 11.5. The molecule has 1 heterocycles. The van der Waals surface area contributed by atoms with Crippen LogP contribution in [0.25, 0.3) is 0 Å². The van der Waals surface area contributed by atoms with Crippen LogP contribution in [0.1, 0.15) is 11.1 Å². The van der Waals surface area contributed by atoms with Gasteiger partial charge in [0.05, 0.1) is 4.90 Å². The van der Waals surface area contributed by atoms with Crippen molar-refractivity contribution in [3.63, 3.8) is 0 Å². The van der Waals surface area contributed by atoms with Gasteiger partial charge in [-0.25, -0.2) is 13.1 Å². The second-order valence-corrected chi connectivity index (χ2v) is 6.08. The van der Waals surface area contributed by atoms with Gasteiger partial charge >= 0.3 is 0 Å². The zero-order valence-electron chi connectivity index (χ0n) is 10.7. The minimum atomic E-state index is -3.47. The number of nitrogens with two attached hydrogens (primary N) is 1. The topological polar surface area (TPSA) is 77.1 Å². The predicted molar refractivity (Wildman–Crippen MR) is 73.8 cm³/mol. The first-order valence-corrected chi connectivity index (χ1v) is 7.40. The highest BCUT2D eigenvalue weighted by molar-refractivity contribution is 7.89. The molecule has 1 aromatic heterocycles. The standard InChI is InChI=1S/C13H17N3O2S/c1-16-7-6-13(10-16)19(17,18)15-9-12-5-3-2-4-11(12)8-14/h2-7,10,15H,8-9,14H2,1H3. The maximum absolute atomic E-state index is 12.1. The number of nitrogens with one attached hydrogen (secondary N) is 1. The lowest BCUT2D eigenvalue weighted by Crippen LogP contribution is -2.23. The lowest BCUT2D eigenvalue weighted by molar-refractivity contribution is 0.581. The number of benzene rings is 1. The summed E-state index contributed by atoms with van der Waals surface area (Å²) in [6.07, 6.45) is 3.26. The van der Waals surface area contributed by atoms with Crippen LogP contribution in [0.5, 0.6) is 0 Å². The molecule has 0 saturated heterocycles. The van der Waals surface area contributed by atoms with Crippen LogP contribution < -0.4 is 10.5 Å². The quantitative estimate of drug-likeness (QED) is 0.856. The van der Waals surface area contributed by atoms with E-state index in [4.69, 9.17) is 5.73 Å². The highest BCUT2D eigenvalue weighted by atomic mass is 32.2. The highest BCUT2D eigenvalue weighted by Gasteiger charge is 2.15. The molecule has 0 unspecified atom stereocenters. The third kappa shape index (κ3) is 3.23. The van der Waals surface area contributed by atoms with Crippen LogP contribution in [-0.2, 0) is 30.2 Å². The summed E-state index contributed by atoms with van der Waals surface area (Å²) in [6, 6.07) is 9.09. The summed E-state index contributed by atoms with van der Waals surface area (Å²) in [4.78, 5) is 0.264. The summed E-state index contributed by atoms with van der Waals surface area (Å²) in [5, 5.41) is 0. The van der Waals surface area contributed by atoms with Gasteiger partial charge < -0.3 is 10.3 Å². The second kappa shape index (κ2) is 5.56. The van der Waals surface area contributed by atoms with E-state index >= 15 is 0 Å². The van der Waals surface area contributed by atoms with Crippen molar-refractivity contribution in [1.29, 1.82) is 0 Å². The van der Waals surface area contributed by atoms with Crippen molar-refractivity contribution in [1.82, 2.24) is 9.29 Å². The Labute approximate surface area is 113 Å². The average Bonchev–Trinajstić information content (AvgIpc) is 2.84. The number of aromatic nitrogens is 1. The molecule has 0 fully saturated rings. The van der Waals surface area contributed by atoms with Crippen LogP contribution in [0, 0.1) is 0 Å². The van der Waals surface area contributed by atoms with Gasteiger partial charge in [-0.1, -0.05) is 24.3 Å². The van der Waals surface area contributed by atoms with Crippen molar-refractivity contribution in [2.45, 2.75) is 18.0 Å². The minimum absolute atomic E-state index is 0.241. The van der Waals surface area contributed by atoms with Gasteiger partial charge in [0.15, 0.2) is 0 Å². The molecule has 2 aromatic rings. The van der Waals surface area contributed by atoms with Gasteiger partial charge in [0.2, 0.25) is 10.0 Å². The predicted octanol–water partition coefficient (Wildman–Crippen LogP) is 0.962. The molecule has 19 heavy (non-hydrogen) atoms. The van der Waals surface area contributed by atoms with Crippen molar-refractivity contribution in [2.24, 2.45) is 12.8 Å². The fourth-order valence-corrected chi connectivity index (χ4v) is 2.88. The van der Waals surface area contributed by atoms with Gasteiger partial charge in [0.1, 0.15) is 0 Å². The third-order valence-electron chi connectivity index (χ3n) is 2.91. The lowest BCUT2D eigenvalue weighted by Gasteiger charge is -2.09. The van der Waals surface area contributed by atoms with Crippen LogP contribution in [0.15, 0.2) is 47.6 Å². The molecular weight excluding hydrogens is 262 g/mol. The van der Waals surface area contributed by atoms with Crippen LogP contribution >= 0.6 is 0 Å². The second-order valence-electron chi connectivity index (χ2n) is 4.31. The number of aryl methyl sites for hydroxylation is 1. The molecule has 3 N–H and O–H groups in total. The van der Waals surface area contributed by atoms with Crippen LogP contribution in [0.3, 0.4) is 0 Å². The molecule has 0 aliphatic rings. The molecule has 0 aliphatic carbocycles. The van der Waals surface area contributed by atoms with Gasteiger partial charge in [0.25, 0.3) is 0 Å². The van der Waals surface area contributed by atoms with Gasteiger partial charge in [0, 0.05) is 32.5 Å². The highest BCUT2D eigenvalue weighted by Crippen LogP contribution is 2.11. The molecule has 0 aliphatic heterocycles. The molecule has 0 radical (unpaired) electrons. The number of sulfonamides is 1. The number of nitrogens with zero attached hydrogens (tertiary/aromatic N) is 1. The lowest BCUT2D eigenvalue weighted by atomic mass is 10.1. The van der Waals surface area contributed by atoms with Crippen molar-refractivity contribution < 1.29 is 8.42 Å². The Balaban J connectivity index is 2.14. The van der Waals surface area contributed by atoms with E-state index in [-0.39, 0.29) is 11.4 Å². The van der Waals surface area contributed by atoms with Gasteiger partial charge in [-0.15, -0.1) is 0 Å². The van der Waals surface area contributed by atoms with Crippen LogP contribution in [-0.4, -0.2) is 13.0 Å². The third-order valence-corrected chi connectivity index (χ3v) is 4.29. The molecule has 0 saturated carbocycles. The molecule has 6 heteroatoms. The molecule has 1 aromatic carbocycles. The summed E-state index contributed by atoms with van der Waals surface area (Å²) in [6.45, 7) is 0.633. The minimum Gasteiger partial charge on any atom is -0.356 e. The fourth-order valence-electron chi connectivity index (χ4n) is 1.82. The van der Waals surface area contributed by atoms with E-state index in [1.54, 1.807) is 30.1 Å². The Morgan fingerprint density at radius 1 is 1.21 bits per heavy atom. The number of hydrogen-bond donors (Lipinski definition) is 2. The van der Waals surface area contributed by atoms with E-state index in [1.165, 1.54) is 0 Å². The Morgan fingerprint density at radius 3 is 2.47 bits per heavy atom. The number of hydrogen-bond acceptors (Lipinski definition) is 3. The Hall–Kier alpha value is -1.63. The molecule has 0 bridgehead atoms. The summed E-state index contributed by atoms with van der Waals surface area (Å²) in [5.74, 6) is 0. The van der Waals surface area contributed by atoms with E-state index in [9.17, 15) is 8.42 Å². The van der Waals surface area contributed by atoms with E-state index in [0.717, 1.165) is 11.1 Å². The monoisotopic (exact) mass is 279 g/mol. The van der Waals surface area contributed by atoms with E-state index < -0.39 is 10.0 Å². The average molecular weight is 279 g/mol. The van der Waals surface area contributed by atoms with Gasteiger partial charge in [-0.2, -0.15) is 0 Å². The summed E-state index contributed by atoms with van der Waals surface area (Å²) in [5.41, 5.74) is 7.46. The first-order valence-electron chi connectivity index (χ1n) is 5.91. The molecular formula is C13H17N3O2S. The Morgan fingerprint density at radius 2 is 1.89 bits per heavy atom. The van der Waals surface area contributed by atoms with E-state index in [2.05, 4.69) is 4.72 Å². The van der Waals surface area contributed by atoms with E-state index in [0.29, 0.717) is 6.54 Å². The Kier molecular flexibility index (Phi) is 4.04. The first-order chi connectivity index (χ1) is 9.03.